The van der Waals surface area contributed by atoms with E-state index in [2.05, 4.69) is 15.1 Å². The van der Waals surface area contributed by atoms with E-state index in [0.717, 1.165) is 22.5 Å². The molecule has 0 aliphatic rings. The molecule has 4 rings (SSSR count). The van der Waals surface area contributed by atoms with Gasteiger partial charge in [-0.2, -0.15) is 9.61 Å². The lowest BCUT2D eigenvalue weighted by atomic mass is 10.1. The van der Waals surface area contributed by atoms with Gasteiger partial charge in [0.05, 0.1) is 35.5 Å². The number of nitrogens with zero attached hydrogens (tertiary/aromatic N) is 3. The fourth-order valence-corrected chi connectivity index (χ4v) is 4.67. The Kier molecular flexibility index (Phi) is 6.17. The maximum absolute atomic E-state index is 12.6. The third kappa shape index (κ3) is 4.74. The summed E-state index contributed by atoms with van der Waals surface area (Å²) in [5.41, 5.74) is 2.69. The lowest BCUT2D eigenvalue weighted by Crippen LogP contribution is -2.51. The molecular weight excluding hydrogens is 442 g/mol. The molecule has 4 N–H and O–H groups in total. The lowest BCUT2D eigenvalue weighted by Gasteiger charge is -2.25. The summed E-state index contributed by atoms with van der Waals surface area (Å²) in [5.74, 6) is 0.675. The van der Waals surface area contributed by atoms with Crippen LogP contribution in [0.25, 0.3) is 16.9 Å². The summed E-state index contributed by atoms with van der Waals surface area (Å²) in [6.45, 7) is 2.29. The molecule has 0 saturated carbocycles. The third-order valence-corrected chi connectivity index (χ3v) is 6.89. The molecule has 0 amide bonds. The van der Waals surface area contributed by atoms with Crippen LogP contribution < -0.4 is 10.0 Å². The molecule has 2 aromatic heterocycles. The molecule has 9 nitrogen and oxygen atoms in total. The maximum atomic E-state index is 12.6. The minimum Gasteiger partial charge on any atom is -0.394 e. The van der Waals surface area contributed by atoms with Crippen LogP contribution in [-0.2, 0) is 10.0 Å². The number of sulfonamides is 1. The number of fused-ring (bicyclic) bond motifs is 1. The predicted molar refractivity (Wildman–Crippen MR) is 126 cm³/mol. The monoisotopic (exact) mass is 467 g/mol. The molecule has 0 unspecified atom stereocenters. The van der Waals surface area contributed by atoms with Crippen LogP contribution in [0.15, 0.2) is 71.8 Å². The largest absolute Gasteiger partial charge is 0.394 e. The Hall–Kier alpha value is -3.31. The highest BCUT2D eigenvalue weighted by atomic mass is 32.2. The first-order valence-corrected chi connectivity index (χ1v) is 11.8. The van der Waals surface area contributed by atoms with Crippen molar-refractivity contribution in [1.82, 2.24) is 19.3 Å². The van der Waals surface area contributed by atoms with Gasteiger partial charge in [-0.25, -0.2) is 18.1 Å². The zero-order valence-electron chi connectivity index (χ0n) is 18.2. The number of nitrogens with one attached hydrogen (secondary N) is 2. The molecule has 33 heavy (non-hydrogen) atoms. The lowest BCUT2D eigenvalue weighted by molar-refractivity contribution is 0.122. The van der Waals surface area contributed by atoms with Crippen molar-refractivity contribution in [1.29, 1.82) is 0 Å². The van der Waals surface area contributed by atoms with E-state index >= 15 is 0 Å². The van der Waals surface area contributed by atoms with Crippen molar-refractivity contribution in [2.45, 2.75) is 24.3 Å². The van der Waals surface area contributed by atoms with Gasteiger partial charge in [-0.15, -0.1) is 0 Å². The second kappa shape index (κ2) is 8.91. The molecule has 0 aliphatic carbocycles. The number of aliphatic hydroxyl groups excluding tert-OH is 2. The van der Waals surface area contributed by atoms with E-state index < -0.39 is 28.8 Å². The summed E-state index contributed by atoms with van der Waals surface area (Å²) < 4.78 is 29.3. The Bertz CT molecular complexity index is 1370. The van der Waals surface area contributed by atoms with Gasteiger partial charge in [0, 0.05) is 22.9 Å². The van der Waals surface area contributed by atoms with Crippen LogP contribution in [0, 0.1) is 6.92 Å². The molecule has 172 valence electrons. The summed E-state index contributed by atoms with van der Waals surface area (Å²) >= 11 is 0. The Balaban J connectivity index is 1.65. The van der Waals surface area contributed by atoms with Gasteiger partial charge in [-0.1, -0.05) is 30.3 Å². The first-order chi connectivity index (χ1) is 15.7. The number of aryl methyl sites for hydroxylation is 1. The highest BCUT2D eigenvalue weighted by Crippen LogP contribution is 2.26. The van der Waals surface area contributed by atoms with E-state index in [4.69, 9.17) is 4.98 Å². The summed E-state index contributed by atoms with van der Waals surface area (Å²) in [7, 11) is -3.93. The minimum atomic E-state index is -3.93. The fourth-order valence-electron chi connectivity index (χ4n) is 3.28. The summed E-state index contributed by atoms with van der Waals surface area (Å²) in [6, 6.07) is 17.8. The molecule has 0 fully saturated rings. The van der Waals surface area contributed by atoms with E-state index in [1.165, 1.54) is 19.1 Å². The van der Waals surface area contributed by atoms with Crippen LogP contribution in [0.1, 0.15) is 12.5 Å². The van der Waals surface area contributed by atoms with E-state index in [9.17, 15) is 18.6 Å². The normalized spacial score (nSPS) is 12.2. The van der Waals surface area contributed by atoms with Crippen LogP contribution in [0.5, 0.6) is 0 Å². The number of hydrogen-bond donors (Lipinski definition) is 4. The Morgan fingerprint density at radius 3 is 2.33 bits per heavy atom. The van der Waals surface area contributed by atoms with Crippen molar-refractivity contribution in [2.24, 2.45) is 0 Å². The zero-order valence-corrected chi connectivity index (χ0v) is 19.0. The van der Waals surface area contributed by atoms with E-state index in [0.29, 0.717) is 11.5 Å². The second-order valence-corrected chi connectivity index (χ2v) is 9.77. The Morgan fingerprint density at radius 1 is 1.03 bits per heavy atom. The standard InChI is InChI=1S/C23H25N5O4S/c1-16-13-24-28-21(12-20(26-22(16)28)17-6-4-3-5-7-17)25-18-8-10-19(11-9-18)33(31,32)27-23(2,14-29)15-30/h3-13,25,27,29-30H,14-15H2,1-2H3. The highest BCUT2D eigenvalue weighted by molar-refractivity contribution is 7.89. The third-order valence-electron chi connectivity index (χ3n) is 5.23. The van der Waals surface area contributed by atoms with Crippen molar-refractivity contribution < 1.29 is 18.6 Å². The maximum Gasteiger partial charge on any atom is 0.241 e. The van der Waals surface area contributed by atoms with Gasteiger partial charge >= 0.3 is 0 Å². The predicted octanol–water partition coefficient (Wildman–Crippen LogP) is 2.47. The summed E-state index contributed by atoms with van der Waals surface area (Å²) in [4.78, 5) is 4.75. The van der Waals surface area contributed by atoms with Crippen molar-refractivity contribution in [3.8, 4) is 11.3 Å². The zero-order chi connectivity index (χ0) is 23.6. The van der Waals surface area contributed by atoms with Crippen LogP contribution in [0.2, 0.25) is 0 Å². The molecule has 0 aliphatic heterocycles. The van der Waals surface area contributed by atoms with Gasteiger partial charge in [-0.05, 0) is 38.1 Å². The van der Waals surface area contributed by atoms with E-state index in [1.54, 1.807) is 22.8 Å². The number of hydrogen-bond acceptors (Lipinski definition) is 7. The minimum absolute atomic E-state index is 0.0148. The molecule has 0 radical (unpaired) electrons. The molecule has 0 saturated heterocycles. The van der Waals surface area contributed by atoms with Crippen LogP contribution in [0.3, 0.4) is 0 Å². The molecule has 0 spiro atoms. The highest BCUT2D eigenvalue weighted by Gasteiger charge is 2.29. The van der Waals surface area contributed by atoms with Gasteiger partial charge in [0.15, 0.2) is 5.65 Å². The van der Waals surface area contributed by atoms with E-state index in [-0.39, 0.29) is 4.90 Å². The molecule has 2 aromatic carbocycles. The topological polar surface area (TPSA) is 129 Å². The summed E-state index contributed by atoms with van der Waals surface area (Å²) in [5, 5.41) is 26.5. The van der Waals surface area contributed by atoms with Gasteiger partial charge in [-0.3, -0.25) is 0 Å². The fraction of sp³-hybridized carbons (Fsp3) is 0.217. The number of anilines is 2. The number of rotatable bonds is 8. The quantitative estimate of drug-likeness (QED) is 0.313. The Morgan fingerprint density at radius 2 is 1.70 bits per heavy atom. The molecule has 0 bridgehead atoms. The molecule has 2 heterocycles. The first-order valence-electron chi connectivity index (χ1n) is 10.3. The van der Waals surface area contributed by atoms with Gasteiger partial charge in [0.25, 0.3) is 0 Å². The average Bonchev–Trinajstić information content (AvgIpc) is 3.20. The van der Waals surface area contributed by atoms with Gasteiger partial charge in [0.2, 0.25) is 10.0 Å². The summed E-state index contributed by atoms with van der Waals surface area (Å²) in [6.07, 6.45) is 1.74. The van der Waals surface area contributed by atoms with E-state index in [1.807, 2.05) is 43.3 Å². The van der Waals surface area contributed by atoms with Gasteiger partial charge < -0.3 is 15.5 Å². The second-order valence-electron chi connectivity index (χ2n) is 8.09. The molecule has 0 atom stereocenters. The number of aliphatic hydroxyl groups is 2. The number of aromatic nitrogens is 3. The molecular formula is C23H25N5O4S. The SMILES string of the molecule is Cc1cnn2c(Nc3ccc(S(=O)(=O)NC(C)(CO)CO)cc3)cc(-c3ccccc3)nc12. The van der Waals surface area contributed by atoms with Crippen molar-refractivity contribution >= 4 is 27.2 Å². The van der Waals surface area contributed by atoms with Gasteiger partial charge in [0.1, 0.15) is 5.82 Å². The average molecular weight is 468 g/mol. The Labute approximate surface area is 191 Å². The van der Waals surface area contributed by atoms with Crippen LogP contribution >= 0.6 is 0 Å². The van der Waals surface area contributed by atoms with Crippen LogP contribution in [-0.4, -0.2) is 52.0 Å². The van der Waals surface area contributed by atoms with Crippen molar-refractivity contribution in [3.63, 3.8) is 0 Å². The molecule has 4 aromatic rings. The molecule has 10 heteroatoms. The van der Waals surface area contributed by atoms with Crippen molar-refractivity contribution in [3.05, 3.63) is 72.4 Å². The first kappa shape index (κ1) is 22.9. The smallest absolute Gasteiger partial charge is 0.241 e. The van der Waals surface area contributed by atoms with Crippen molar-refractivity contribution in [2.75, 3.05) is 18.5 Å². The van der Waals surface area contributed by atoms with Crippen LogP contribution in [0.4, 0.5) is 11.5 Å². The number of benzene rings is 2.